The molecule has 1 spiro atoms. The quantitative estimate of drug-likeness (QED) is 0.849. The van der Waals surface area contributed by atoms with Gasteiger partial charge in [0.15, 0.2) is 0 Å². The van der Waals surface area contributed by atoms with E-state index in [-0.39, 0.29) is 0 Å². The Morgan fingerprint density at radius 1 is 1.24 bits per heavy atom. The van der Waals surface area contributed by atoms with Gasteiger partial charge in [-0.2, -0.15) is 11.8 Å². The fraction of sp³-hybridized carbons (Fsp3) is 0.571. The minimum atomic E-state index is 0.573. The van der Waals surface area contributed by atoms with Gasteiger partial charge in [-0.25, -0.2) is 0 Å². The van der Waals surface area contributed by atoms with E-state index in [0.29, 0.717) is 11.3 Å². The van der Waals surface area contributed by atoms with Gasteiger partial charge < -0.3 is 5.32 Å². The van der Waals surface area contributed by atoms with Crippen LogP contribution in [-0.4, -0.2) is 24.6 Å². The van der Waals surface area contributed by atoms with Gasteiger partial charge in [0.25, 0.3) is 0 Å². The minimum Gasteiger partial charge on any atom is -0.316 e. The van der Waals surface area contributed by atoms with E-state index in [1.54, 1.807) is 0 Å². The van der Waals surface area contributed by atoms with Crippen molar-refractivity contribution in [1.82, 2.24) is 5.32 Å². The lowest BCUT2D eigenvalue weighted by Gasteiger charge is -2.41. The summed E-state index contributed by atoms with van der Waals surface area (Å²) in [6.07, 6.45) is 2.75. The van der Waals surface area contributed by atoms with Crippen molar-refractivity contribution in [2.24, 2.45) is 5.41 Å². The van der Waals surface area contributed by atoms with Gasteiger partial charge in [0.1, 0.15) is 0 Å². The number of benzene rings is 1. The first kappa shape index (κ1) is 12.1. The molecule has 1 aromatic rings. The predicted octanol–water partition coefficient (Wildman–Crippen LogP) is 3.65. The highest BCUT2D eigenvalue weighted by atomic mass is 79.9. The first-order chi connectivity index (χ1) is 8.30. The van der Waals surface area contributed by atoms with Crippen molar-refractivity contribution in [2.45, 2.75) is 18.8 Å². The van der Waals surface area contributed by atoms with Crippen LogP contribution in [0.4, 0.5) is 0 Å². The van der Waals surface area contributed by atoms with Crippen LogP contribution in [0.15, 0.2) is 28.7 Å². The van der Waals surface area contributed by atoms with Crippen molar-refractivity contribution in [3.05, 3.63) is 34.3 Å². The van der Waals surface area contributed by atoms with Crippen molar-refractivity contribution < 1.29 is 0 Å². The Morgan fingerprint density at radius 3 is 2.76 bits per heavy atom. The topological polar surface area (TPSA) is 12.0 Å². The van der Waals surface area contributed by atoms with Gasteiger partial charge in [0, 0.05) is 16.9 Å². The van der Waals surface area contributed by atoms with Gasteiger partial charge in [-0.15, -0.1) is 0 Å². The summed E-state index contributed by atoms with van der Waals surface area (Å²) >= 11 is 5.67. The molecule has 2 atom stereocenters. The van der Waals surface area contributed by atoms with E-state index >= 15 is 0 Å². The fourth-order valence-corrected chi connectivity index (χ4v) is 5.09. The van der Waals surface area contributed by atoms with E-state index in [4.69, 9.17) is 0 Å². The molecule has 2 heterocycles. The highest BCUT2D eigenvalue weighted by Gasteiger charge is 2.43. The maximum absolute atomic E-state index is 3.58. The zero-order chi connectivity index (χ0) is 11.7. The molecule has 2 aliphatic rings. The molecule has 1 N–H and O–H groups in total. The number of halogens is 1. The zero-order valence-corrected chi connectivity index (χ0v) is 12.3. The first-order valence-corrected chi connectivity index (χ1v) is 8.29. The highest BCUT2D eigenvalue weighted by molar-refractivity contribution is 9.10. The maximum Gasteiger partial charge on any atom is 0.0175 e. The summed E-state index contributed by atoms with van der Waals surface area (Å²) < 4.78 is 1.18. The second-order valence-electron chi connectivity index (χ2n) is 5.22. The number of hydrogen-bond donors (Lipinski definition) is 1. The third-order valence-electron chi connectivity index (χ3n) is 4.29. The Labute approximate surface area is 116 Å². The number of nitrogens with one attached hydrogen (secondary N) is 1. The molecular weight excluding hydrogens is 294 g/mol. The highest BCUT2D eigenvalue weighted by Crippen LogP contribution is 2.50. The van der Waals surface area contributed by atoms with Gasteiger partial charge in [0.2, 0.25) is 0 Å². The van der Waals surface area contributed by atoms with Gasteiger partial charge in [0.05, 0.1) is 0 Å². The van der Waals surface area contributed by atoms with Crippen LogP contribution in [0, 0.1) is 5.41 Å². The molecule has 0 radical (unpaired) electrons. The van der Waals surface area contributed by atoms with Crippen molar-refractivity contribution in [2.75, 3.05) is 24.6 Å². The Morgan fingerprint density at radius 2 is 2.06 bits per heavy atom. The third kappa shape index (κ3) is 2.29. The van der Waals surface area contributed by atoms with Crippen molar-refractivity contribution >= 4 is 27.7 Å². The van der Waals surface area contributed by atoms with E-state index in [1.165, 1.54) is 40.9 Å². The molecule has 0 aliphatic carbocycles. The Bertz CT molecular complexity index is 384. The van der Waals surface area contributed by atoms with Crippen LogP contribution in [0.2, 0.25) is 0 Å². The smallest absolute Gasteiger partial charge is 0.0175 e. The molecule has 3 heteroatoms. The minimum absolute atomic E-state index is 0.573. The largest absolute Gasteiger partial charge is 0.316 e. The Balaban J connectivity index is 1.91. The average Bonchev–Trinajstić information content (AvgIpc) is 2.80. The molecule has 0 amide bonds. The molecule has 92 valence electrons. The molecule has 0 bridgehead atoms. The molecule has 2 saturated heterocycles. The van der Waals surface area contributed by atoms with Crippen molar-refractivity contribution in [3.8, 4) is 0 Å². The Hall–Kier alpha value is 0.01000. The summed E-state index contributed by atoms with van der Waals surface area (Å²) in [7, 11) is 0. The molecule has 17 heavy (non-hydrogen) atoms. The predicted molar refractivity (Wildman–Crippen MR) is 78.7 cm³/mol. The van der Waals surface area contributed by atoms with Crippen LogP contribution >= 0.6 is 27.7 Å². The lowest BCUT2D eigenvalue weighted by Crippen LogP contribution is -2.43. The van der Waals surface area contributed by atoms with Crippen LogP contribution in [0.25, 0.3) is 0 Å². The van der Waals surface area contributed by atoms with Crippen molar-refractivity contribution in [1.29, 1.82) is 0 Å². The summed E-state index contributed by atoms with van der Waals surface area (Å²) in [6.45, 7) is 2.36. The third-order valence-corrected chi connectivity index (χ3v) is 6.09. The lowest BCUT2D eigenvalue weighted by molar-refractivity contribution is 0.197. The average molecular weight is 312 g/mol. The second kappa shape index (κ2) is 4.94. The summed E-state index contributed by atoms with van der Waals surface area (Å²) in [5.74, 6) is 3.42. The molecular formula is C14H18BrNS. The van der Waals surface area contributed by atoms with E-state index < -0.39 is 0 Å². The molecule has 0 aromatic heterocycles. The Kier molecular flexibility index (Phi) is 3.51. The number of thioether (sulfide) groups is 1. The number of rotatable bonds is 1. The molecule has 1 aromatic carbocycles. The van der Waals surface area contributed by atoms with E-state index in [1.807, 2.05) is 0 Å². The molecule has 2 fully saturated rings. The first-order valence-electron chi connectivity index (χ1n) is 6.34. The lowest BCUT2D eigenvalue weighted by atomic mass is 9.68. The van der Waals surface area contributed by atoms with Crippen LogP contribution in [-0.2, 0) is 0 Å². The van der Waals surface area contributed by atoms with Crippen LogP contribution < -0.4 is 5.32 Å². The molecule has 2 unspecified atom stereocenters. The second-order valence-corrected chi connectivity index (χ2v) is 7.24. The number of piperidine rings is 1. The standard InChI is InChI=1S/C14H18BrNS/c15-12-3-1-11(2-4-12)13-9-16-7-5-14(13)6-8-17-10-14/h1-4,13,16H,5-10H2. The summed E-state index contributed by atoms with van der Waals surface area (Å²) in [5, 5.41) is 3.58. The van der Waals surface area contributed by atoms with Crippen molar-refractivity contribution in [3.63, 3.8) is 0 Å². The van der Waals surface area contributed by atoms with Crippen LogP contribution in [0.5, 0.6) is 0 Å². The SMILES string of the molecule is Brc1ccc(C2CNCCC23CCSC3)cc1. The number of hydrogen-bond acceptors (Lipinski definition) is 2. The van der Waals surface area contributed by atoms with Gasteiger partial charge in [-0.1, -0.05) is 28.1 Å². The molecule has 0 saturated carbocycles. The normalized spacial score (nSPS) is 33.1. The van der Waals surface area contributed by atoms with Gasteiger partial charge in [-0.05, 0) is 54.0 Å². The van der Waals surface area contributed by atoms with Gasteiger partial charge >= 0.3 is 0 Å². The molecule has 1 nitrogen and oxygen atoms in total. The summed E-state index contributed by atoms with van der Waals surface area (Å²) in [5.41, 5.74) is 2.09. The molecule has 2 aliphatic heterocycles. The summed E-state index contributed by atoms with van der Waals surface area (Å²) in [6, 6.07) is 8.96. The van der Waals surface area contributed by atoms with Gasteiger partial charge in [-0.3, -0.25) is 0 Å². The maximum atomic E-state index is 3.58. The monoisotopic (exact) mass is 311 g/mol. The van der Waals surface area contributed by atoms with Crippen LogP contribution in [0.3, 0.4) is 0 Å². The molecule has 3 rings (SSSR count). The van der Waals surface area contributed by atoms with E-state index in [0.717, 1.165) is 6.54 Å². The summed E-state index contributed by atoms with van der Waals surface area (Å²) in [4.78, 5) is 0. The fourth-order valence-electron chi connectivity index (χ4n) is 3.24. The van der Waals surface area contributed by atoms with E-state index in [2.05, 4.69) is 57.3 Å². The zero-order valence-electron chi connectivity index (χ0n) is 9.92. The van der Waals surface area contributed by atoms with Crippen LogP contribution in [0.1, 0.15) is 24.3 Å². The van der Waals surface area contributed by atoms with E-state index in [9.17, 15) is 0 Å².